The third kappa shape index (κ3) is 2.42. The highest BCUT2D eigenvalue weighted by atomic mass is 35.5. The van der Waals surface area contributed by atoms with Crippen molar-refractivity contribution in [3.63, 3.8) is 0 Å². The SMILES string of the molecule is Cc1ccc(-c2ccc(C3OC(=O)C(O)=C3O)c(Cl)c2)cc1. The van der Waals surface area contributed by atoms with Crippen LogP contribution in [0.2, 0.25) is 5.02 Å². The molecular formula is C17H13ClO4. The van der Waals surface area contributed by atoms with Crippen molar-refractivity contribution in [2.24, 2.45) is 0 Å². The average Bonchev–Trinajstić information content (AvgIpc) is 2.75. The van der Waals surface area contributed by atoms with Gasteiger partial charge in [-0.25, -0.2) is 4.79 Å². The number of hydrogen-bond donors (Lipinski definition) is 2. The number of cyclic esters (lactones) is 1. The molecule has 3 rings (SSSR count). The fourth-order valence-corrected chi connectivity index (χ4v) is 2.60. The molecule has 0 spiro atoms. The largest absolute Gasteiger partial charge is 0.505 e. The van der Waals surface area contributed by atoms with Crippen LogP contribution in [-0.4, -0.2) is 16.2 Å². The van der Waals surface area contributed by atoms with Crippen molar-refractivity contribution in [3.8, 4) is 11.1 Å². The van der Waals surface area contributed by atoms with Gasteiger partial charge in [-0.2, -0.15) is 0 Å². The van der Waals surface area contributed by atoms with E-state index >= 15 is 0 Å². The predicted octanol–water partition coefficient (Wildman–Crippen LogP) is 4.24. The maximum atomic E-state index is 11.3. The first kappa shape index (κ1) is 14.5. The summed E-state index contributed by atoms with van der Waals surface area (Å²) in [5.41, 5.74) is 3.50. The Kier molecular flexibility index (Phi) is 3.54. The van der Waals surface area contributed by atoms with Gasteiger partial charge in [-0.05, 0) is 24.1 Å². The van der Waals surface area contributed by atoms with Crippen LogP contribution in [0.1, 0.15) is 17.2 Å². The predicted molar refractivity (Wildman–Crippen MR) is 82.7 cm³/mol. The Hall–Kier alpha value is -2.46. The topological polar surface area (TPSA) is 66.8 Å². The second-order valence-corrected chi connectivity index (χ2v) is 5.53. The molecule has 112 valence electrons. The van der Waals surface area contributed by atoms with Crippen molar-refractivity contribution in [1.29, 1.82) is 0 Å². The van der Waals surface area contributed by atoms with Crippen LogP contribution in [0.15, 0.2) is 54.0 Å². The fraction of sp³-hybridized carbons (Fsp3) is 0.118. The van der Waals surface area contributed by atoms with Gasteiger partial charge in [-0.3, -0.25) is 0 Å². The number of benzene rings is 2. The summed E-state index contributed by atoms with van der Waals surface area (Å²) < 4.78 is 4.92. The van der Waals surface area contributed by atoms with Crippen molar-refractivity contribution < 1.29 is 19.7 Å². The molecule has 0 saturated carbocycles. The Bertz CT molecular complexity index is 778. The number of halogens is 1. The van der Waals surface area contributed by atoms with Crippen molar-refractivity contribution >= 4 is 17.6 Å². The van der Waals surface area contributed by atoms with Crippen molar-refractivity contribution in [2.75, 3.05) is 0 Å². The minimum absolute atomic E-state index is 0.345. The smallest absolute Gasteiger partial charge is 0.378 e. The third-order valence-corrected chi connectivity index (χ3v) is 3.90. The molecule has 2 N–H and O–H groups in total. The number of ether oxygens (including phenoxy) is 1. The van der Waals surface area contributed by atoms with Crippen molar-refractivity contribution in [2.45, 2.75) is 13.0 Å². The number of rotatable bonds is 2. The van der Waals surface area contributed by atoms with Gasteiger partial charge in [0.2, 0.25) is 5.76 Å². The lowest BCUT2D eigenvalue weighted by molar-refractivity contribution is -0.142. The molecule has 4 nitrogen and oxygen atoms in total. The molecule has 0 bridgehead atoms. The van der Waals surface area contributed by atoms with Gasteiger partial charge in [-0.15, -0.1) is 0 Å². The van der Waals surface area contributed by atoms with E-state index in [9.17, 15) is 15.0 Å². The van der Waals surface area contributed by atoms with E-state index in [2.05, 4.69) is 0 Å². The fourth-order valence-electron chi connectivity index (χ4n) is 2.32. The Labute approximate surface area is 132 Å². The summed E-state index contributed by atoms with van der Waals surface area (Å²) >= 11 is 6.24. The number of aliphatic hydroxyl groups excluding tert-OH is 2. The van der Waals surface area contributed by atoms with E-state index in [1.807, 2.05) is 37.3 Å². The number of carbonyl (C=O) groups is 1. The summed E-state index contributed by atoms with van der Waals surface area (Å²) in [6, 6.07) is 13.2. The van der Waals surface area contributed by atoms with Gasteiger partial charge in [-0.1, -0.05) is 53.6 Å². The standard InChI is InChI=1S/C17H13ClO4/c1-9-2-4-10(5-3-9)11-6-7-12(13(18)8-11)16-14(19)15(20)17(21)22-16/h2-8,16,19-20H,1H3. The van der Waals surface area contributed by atoms with E-state index < -0.39 is 23.6 Å². The number of aliphatic hydroxyl groups is 2. The van der Waals surface area contributed by atoms with Crippen molar-refractivity contribution in [3.05, 3.63) is 70.1 Å². The summed E-state index contributed by atoms with van der Waals surface area (Å²) in [5.74, 6) is -2.25. The van der Waals surface area contributed by atoms with Crippen LogP contribution < -0.4 is 0 Å². The van der Waals surface area contributed by atoms with Gasteiger partial charge >= 0.3 is 5.97 Å². The molecule has 1 aliphatic rings. The molecule has 5 heteroatoms. The first-order valence-electron chi connectivity index (χ1n) is 6.67. The lowest BCUT2D eigenvalue weighted by Crippen LogP contribution is -2.04. The number of carbonyl (C=O) groups excluding carboxylic acids is 1. The van der Waals surface area contributed by atoms with E-state index in [1.54, 1.807) is 12.1 Å². The second kappa shape index (κ2) is 5.39. The minimum atomic E-state index is -1.06. The maximum absolute atomic E-state index is 11.3. The Balaban J connectivity index is 1.97. The molecule has 0 saturated heterocycles. The summed E-state index contributed by atoms with van der Waals surface area (Å²) in [4.78, 5) is 11.3. The summed E-state index contributed by atoms with van der Waals surface area (Å²) in [6.45, 7) is 2.01. The van der Waals surface area contributed by atoms with E-state index in [-0.39, 0.29) is 0 Å². The zero-order chi connectivity index (χ0) is 15.9. The molecule has 0 aromatic heterocycles. The molecule has 2 aromatic rings. The number of esters is 1. The first-order chi connectivity index (χ1) is 10.5. The first-order valence-corrected chi connectivity index (χ1v) is 7.04. The molecule has 0 amide bonds. The highest BCUT2D eigenvalue weighted by molar-refractivity contribution is 6.31. The van der Waals surface area contributed by atoms with E-state index in [0.29, 0.717) is 10.6 Å². The lowest BCUT2D eigenvalue weighted by Gasteiger charge is -2.13. The van der Waals surface area contributed by atoms with Gasteiger partial charge in [0.1, 0.15) is 0 Å². The number of hydrogen-bond acceptors (Lipinski definition) is 4. The quantitative estimate of drug-likeness (QED) is 0.813. The molecule has 22 heavy (non-hydrogen) atoms. The van der Waals surface area contributed by atoms with Crippen LogP contribution in [0.4, 0.5) is 0 Å². The van der Waals surface area contributed by atoms with Crippen LogP contribution in [0.25, 0.3) is 11.1 Å². The monoisotopic (exact) mass is 316 g/mol. The Morgan fingerprint density at radius 2 is 1.68 bits per heavy atom. The van der Waals surface area contributed by atoms with Gasteiger partial charge in [0.05, 0.1) is 0 Å². The summed E-state index contributed by atoms with van der Waals surface area (Å²) in [5, 5.41) is 19.5. The summed E-state index contributed by atoms with van der Waals surface area (Å²) in [7, 11) is 0. The molecule has 0 radical (unpaired) electrons. The third-order valence-electron chi connectivity index (χ3n) is 3.58. The van der Waals surface area contributed by atoms with Crippen LogP contribution in [-0.2, 0) is 9.53 Å². The van der Waals surface area contributed by atoms with E-state index in [0.717, 1.165) is 16.7 Å². The average molecular weight is 317 g/mol. The van der Waals surface area contributed by atoms with E-state index in [4.69, 9.17) is 16.3 Å². The van der Waals surface area contributed by atoms with Gasteiger partial charge in [0.25, 0.3) is 0 Å². The number of aryl methyl sites for hydroxylation is 1. The maximum Gasteiger partial charge on any atom is 0.378 e. The van der Waals surface area contributed by atoms with Crippen molar-refractivity contribution in [1.82, 2.24) is 0 Å². The van der Waals surface area contributed by atoms with Gasteiger partial charge in [0, 0.05) is 10.6 Å². The Morgan fingerprint density at radius 1 is 1.05 bits per heavy atom. The lowest BCUT2D eigenvalue weighted by atomic mass is 10.0. The van der Waals surface area contributed by atoms with Crippen LogP contribution >= 0.6 is 11.6 Å². The zero-order valence-electron chi connectivity index (χ0n) is 11.7. The molecule has 2 aromatic carbocycles. The molecule has 1 heterocycles. The van der Waals surface area contributed by atoms with Crippen LogP contribution in [0.3, 0.4) is 0 Å². The highest BCUT2D eigenvalue weighted by Gasteiger charge is 2.36. The zero-order valence-corrected chi connectivity index (χ0v) is 12.5. The van der Waals surface area contributed by atoms with Gasteiger partial charge < -0.3 is 14.9 Å². The van der Waals surface area contributed by atoms with E-state index in [1.165, 1.54) is 0 Å². The molecule has 1 atom stereocenters. The molecule has 0 aliphatic carbocycles. The minimum Gasteiger partial charge on any atom is -0.505 e. The highest BCUT2D eigenvalue weighted by Crippen LogP contribution is 2.37. The Morgan fingerprint density at radius 3 is 2.23 bits per heavy atom. The molecule has 1 unspecified atom stereocenters. The molecular weight excluding hydrogens is 304 g/mol. The normalized spacial score (nSPS) is 17.7. The van der Waals surface area contributed by atoms with Gasteiger partial charge in [0.15, 0.2) is 11.9 Å². The van der Waals surface area contributed by atoms with Crippen LogP contribution in [0, 0.1) is 6.92 Å². The summed E-state index contributed by atoms with van der Waals surface area (Å²) in [6.07, 6.45) is -1.06. The second-order valence-electron chi connectivity index (χ2n) is 5.12. The molecule has 1 aliphatic heterocycles. The van der Waals surface area contributed by atoms with Crippen LogP contribution in [0.5, 0.6) is 0 Å². The molecule has 0 fully saturated rings.